The first-order valence-corrected chi connectivity index (χ1v) is 6.72. The third kappa shape index (κ3) is 2.61. The Hall–Kier alpha value is -2.04. The van der Waals surface area contributed by atoms with E-state index in [1.54, 1.807) is 36.3 Å². The van der Waals surface area contributed by atoms with Gasteiger partial charge in [0.15, 0.2) is 0 Å². The quantitative estimate of drug-likeness (QED) is 0.813. The lowest BCUT2D eigenvalue weighted by molar-refractivity contribution is -0.314. The normalized spacial score (nSPS) is 22.7. The number of carboxylic acid groups (broad SMARTS) is 1. The predicted molar refractivity (Wildman–Crippen MR) is 70.9 cm³/mol. The van der Waals surface area contributed by atoms with Crippen molar-refractivity contribution in [2.45, 2.75) is 25.8 Å². The largest absolute Gasteiger partial charge is 0.550 e. The smallest absolute Gasteiger partial charge is 0.223 e. The average molecular weight is 276 g/mol. The minimum absolute atomic E-state index is 0.00850. The summed E-state index contributed by atoms with van der Waals surface area (Å²) in [4.78, 5) is 25.0. The standard InChI is InChI=1S/C15H19NO4/c1-3-16-13(17)9-8-12(15(18)19)14(16)10-4-6-11(20-2)7-5-10/h4-7,12,14H,3,8-9H2,1-2H3,(H,18,19)/p-1/t12-,14+/m1/s1. The van der Waals surface area contributed by atoms with Gasteiger partial charge >= 0.3 is 0 Å². The van der Waals surface area contributed by atoms with E-state index < -0.39 is 17.9 Å². The molecule has 5 heteroatoms. The number of amides is 1. The molecule has 0 unspecified atom stereocenters. The number of hydrogen-bond acceptors (Lipinski definition) is 4. The molecule has 0 aromatic heterocycles. The number of likely N-dealkylation sites (tertiary alicyclic amines) is 1. The number of hydrogen-bond donors (Lipinski definition) is 0. The fourth-order valence-corrected chi connectivity index (χ4v) is 2.79. The molecular weight excluding hydrogens is 258 g/mol. The molecule has 0 radical (unpaired) electrons. The molecule has 0 N–H and O–H groups in total. The fourth-order valence-electron chi connectivity index (χ4n) is 2.79. The first-order chi connectivity index (χ1) is 9.58. The molecule has 2 rings (SSSR count). The number of nitrogens with zero attached hydrogens (tertiary/aromatic N) is 1. The van der Waals surface area contributed by atoms with E-state index in [9.17, 15) is 14.7 Å². The van der Waals surface area contributed by atoms with Crippen molar-refractivity contribution >= 4 is 11.9 Å². The van der Waals surface area contributed by atoms with Gasteiger partial charge in [0.1, 0.15) is 5.75 Å². The maximum atomic E-state index is 12.0. The van der Waals surface area contributed by atoms with E-state index in [1.165, 1.54) is 0 Å². The lowest BCUT2D eigenvalue weighted by Gasteiger charge is -2.41. The maximum absolute atomic E-state index is 12.0. The number of carbonyl (C=O) groups excluding carboxylic acids is 2. The molecule has 20 heavy (non-hydrogen) atoms. The fraction of sp³-hybridized carbons (Fsp3) is 0.467. The van der Waals surface area contributed by atoms with Gasteiger partial charge in [0.05, 0.1) is 13.2 Å². The van der Waals surface area contributed by atoms with Gasteiger partial charge in [-0.2, -0.15) is 0 Å². The van der Waals surface area contributed by atoms with E-state index in [2.05, 4.69) is 0 Å². The Kier molecular flexibility index (Phi) is 4.27. The van der Waals surface area contributed by atoms with Gasteiger partial charge < -0.3 is 19.5 Å². The van der Waals surface area contributed by atoms with Crippen molar-refractivity contribution in [3.63, 3.8) is 0 Å². The summed E-state index contributed by atoms with van der Waals surface area (Å²) < 4.78 is 5.10. The zero-order chi connectivity index (χ0) is 14.7. The van der Waals surface area contributed by atoms with Crippen LogP contribution in [0.3, 0.4) is 0 Å². The molecule has 1 aliphatic rings. The number of benzene rings is 1. The number of piperidine rings is 1. The van der Waals surface area contributed by atoms with Crippen molar-refractivity contribution in [2.75, 3.05) is 13.7 Å². The third-order valence-corrected chi connectivity index (χ3v) is 3.81. The van der Waals surface area contributed by atoms with E-state index in [-0.39, 0.29) is 12.3 Å². The van der Waals surface area contributed by atoms with E-state index in [0.717, 1.165) is 5.56 Å². The van der Waals surface area contributed by atoms with Crippen molar-refractivity contribution < 1.29 is 19.4 Å². The second-order valence-electron chi connectivity index (χ2n) is 4.86. The Morgan fingerprint density at radius 3 is 2.55 bits per heavy atom. The van der Waals surface area contributed by atoms with E-state index in [0.29, 0.717) is 18.7 Å². The van der Waals surface area contributed by atoms with Crippen LogP contribution >= 0.6 is 0 Å². The Bertz CT molecular complexity index is 495. The molecule has 1 amide bonds. The van der Waals surface area contributed by atoms with E-state index in [1.807, 2.05) is 6.92 Å². The summed E-state index contributed by atoms with van der Waals surface area (Å²) in [7, 11) is 1.57. The molecule has 0 saturated carbocycles. The highest BCUT2D eigenvalue weighted by atomic mass is 16.5. The molecule has 2 atom stereocenters. The van der Waals surface area contributed by atoms with Gasteiger partial charge in [-0.1, -0.05) is 12.1 Å². The second-order valence-corrected chi connectivity index (χ2v) is 4.86. The highest BCUT2D eigenvalue weighted by Gasteiger charge is 2.36. The topological polar surface area (TPSA) is 69.7 Å². The van der Waals surface area contributed by atoms with Crippen LogP contribution in [0.4, 0.5) is 0 Å². The Morgan fingerprint density at radius 1 is 1.40 bits per heavy atom. The zero-order valence-electron chi connectivity index (χ0n) is 11.7. The molecule has 1 aliphatic heterocycles. The third-order valence-electron chi connectivity index (χ3n) is 3.81. The number of ether oxygens (including phenoxy) is 1. The lowest BCUT2D eigenvalue weighted by Crippen LogP contribution is -2.48. The SMILES string of the molecule is CCN1C(=O)CC[C@@H](C(=O)[O-])[C@@H]1c1ccc(OC)cc1. The molecule has 108 valence electrons. The minimum Gasteiger partial charge on any atom is -0.550 e. The van der Waals surface area contributed by atoms with Gasteiger partial charge in [-0.05, 0) is 31.0 Å². The summed E-state index contributed by atoms with van der Waals surface area (Å²) in [5.41, 5.74) is 0.801. The first-order valence-electron chi connectivity index (χ1n) is 6.72. The number of methoxy groups -OCH3 is 1. The maximum Gasteiger partial charge on any atom is 0.223 e. The van der Waals surface area contributed by atoms with Crippen molar-refractivity contribution in [1.29, 1.82) is 0 Å². The lowest BCUT2D eigenvalue weighted by atomic mass is 9.84. The molecule has 0 aliphatic carbocycles. The highest BCUT2D eigenvalue weighted by molar-refractivity contribution is 5.81. The second kappa shape index (κ2) is 5.94. The molecule has 1 saturated heterocycles. The van der Waals surface area contributed by atoms with Crippen LogP contribution in [0.2, 0.25) is 0 Å². The van der Waals surface area contributed by atoms with Crippen molar-refractivity contribution in [3.05, 3.63) is 29.8 Å². The monoisotopic (exact) mass is 276 g/mol. The van der Waals surface area contributed by atoms with Gasteiger partial charge in [-0.25, -0.2) is 0 Å². The molecular formula is C15H18NO4-. The van der Waals surface area contributed by atoms with Crippen LogP contribution in [0.5, 0.6) is 5.75 Å². The first kappa shape index (κ1) is 14.4. The van der Waals surface area contributed by atoms with Gasteiger partial charge in [0.2, 0.25) is 5.91 Å². The van der Waals surface area contributed by atoms with Crippen LogP contribution < -0.4 is 9.84 Å². The number of aliphatic carboxylic acids is 1. The molecule has 0 bridgehead atoms. The Balaban J connectivity index is 2.38. The summed E-state index contributed by atoms with van der Waals surface area (Å²) >= 11 is 0. The molecule has 1 aromatic carbocycles. The van der Waals surface area contributed by atoms with Crippen molar-refractivity contribution in [2.24, 2.45) is 5.92 Å². The number of carbonyl (C=O) groups is 2. The summed E-state index contributed by atoms with van der Waals surface area (Å²) in [5.74, 6) is -1.08. The summed E-state index contributed by atoms with van der Waals surface area (Å²) in [6, 6.07) is 6.70. The van der Waals surface area contributed by atoms with Gasteiger partial charge in [0, 0.05) is 24.9 Å². The summed E-state index contributed by atoms with van der Waals surface area (Å²) in [6.07, 6.45) is 0.591. The molecule has 0 spiro atoms. The molecule has 1 aromatic rings. The number of carboxylic acids is 1. The van der Waals surface area contributed by atoms with Gasteiger partial charge in [-0.3, -0.25) is 4.79 Å². The zero-order valence-corrected chi connectivity index (χ0v) is 11.7. The van der Waals surface area contributed by atoms with Crippen LogP contribution in [0.15, 0.2) is 24.3 Å². The van der Waals surface area contributed by atoms with E-state index in [4.69, 9.17) is 4.74 Å². The summed E-state index contributed by atoms with van der Waals surface area (Å²) in [5, 5.41) is 11.4. The van der Waals surface area contributed by atoms with Crippen molar-refractivity contribution in [1.82, 2.24) is 4.90 Å². The molecule has 1 heterocycles. The summed E-state index contributed by atoms with van der Waals surface area (Å²) in [6.45, 7) is 2.34. The van der Waals surface area contributed by atoms with Crippen LogP contribution in [-0.2, 0) is 9.59 Å². The minimum atomic E-state index is -1.10. The van der Waals surface area contributed by atoms with Crippen LogP contribution in [0.1, 0.15) is 31.4 Å². The molecule has 5 nitrogen and oxygen atoms in total. The van der Waals surface area contributed by atoms with Crippen molar-refractivity contribution in [3.8, 4) is 5.75 Å². The van der Waals surface area contributed by atoms with Gasteiger partial charge in [0.25, 0.3) is 0 Å². The number of rotatable bonds is 4. The van der Waals surface area contributed by atoms with Gasteiger partial charge in [-0.15, -0.1) is 0 Å². The average Bonchev–Trinajstić information content (AvgIpc) is 2.46. The Morgan fingerprint density at radius 2 is 2.05 bits per heavy atom. The highest BCUT2D eigenvalue weighted by Crippen LogP contribution is 2.36. The van der Waals surface area contributed by atoms with E-state index >= 15 is 0 Å². The van der Waals surface area contributed by atoms with Crippen LogP contribution in [-0.4, -0.2) is 30.4 Å². The van der Waals surface area contributed by atoms with Crippen LogP contribution in [0.25, 0.3) is 0 Å². The molecule has 1 fully saturated rings. The predicted octanol–water partition coefficient (Wildman–Crippen LogP) is 0.745. The van der Waals surface area contributed by atoms with Crippen LogP contribution in [0, 0.1) is 5.92 Å². The Labute approximate surface area is 118 Å².